The zero-order chi connectivity index (χ0) is 21.1. The van der Waals surface area contributed by atoms with Gasteiger partial charge in [-0.25, -0.2) is 9.97 Å². The van der Waals surface area contributed by atoms with E-state index >= 15 is 0 Å². The van der Waals surface area contributed by atoms with Gasteiger partial charge in [0, 0.05) is 33.6 Å². The molecule has 2 aromatic heterocycles. The summed E-state index contributed by atoms with van der Waals surface area (Å²) < 4.78 is 0. The van der Waals surface area contributed by atoms with Gasteiger partial charge in [-0.3, -0.25) is 9.89 Å². The van der Waals surface area contributed by atoms with Gasteiger partial charge in [-0.15, -0.1) is 0 Å². The third-order valence-corrected chi connectivity index (χ3v) is 5.26. The van der Waals surface area contributed by atoms with E-state index in [1.807, 2.05) is 75.4 Å². The number of carbonyl (C=O) groups is 1. The topological polar surface area (TPSA) is 95.6 Å². The first-order valence-electron chi connectivity index (χ1n) is 9.62. The highest BCUT2D eigenvalue weighted by Gasteiger charge is 2.11. The highest BCUT2D eigenvalue weighted by Crippen LogP contribution is 2.31. The fraction of sp³-hybridized carbons (Fsp3) is 0.182. The van der Waals surface area contributed by atoms with Crippen LogP contribution in [0.15, 0.2) is 64.6 Å². The number of carbonyl (C=O) groups excluding carboxylic acids is 1. The zero-order valence-corrected chi connectivity index (χ0v) is 17.7. The summed E-state index contributed by atoms with van der Waals surface area (Å²) in [5.74, 6) is 1.35. The Morgan fingerprint density at radius 2 is 1.83 bits per heavy atom. The number of para-hydroxylation sites is 1. The number of rotatable bonds is 6. The van der Waals surface area contributed by atoms with Crippen LogP contribution in [0.4, 0.5) is 17.3 Å². The maximum absolute atomic E-state index is 11.9. The summed E-state index contributed by atoms with van der Waals surface area (Å²) >= 11 is 1.46. The molecule has 1 amide bonds. The third kappa shape index (κ3) is 4.60. The molecule has 4 aromatic rings. The van der Waals surface area contributed by atoms with Gasteiger partial charge >= 0.3 is 0 Å². The van der Waals surface area contributed by atoms with Gasteiger partial charge in [-0.1, -0.05) is 26.0 Å². The molecule has 0 spiro atoms. The summed E-state index contributed by atoms with van der Waals surface area (Å²) in [6, 6.07) is 17.5. The second kappa shape index (κ2) is 8.54. The molecule has 8 heteroatoms. The molecule has 0 aliphatic heterocycles. The van der Waals surface area contributed by atoms with Gasteiger partial charge in [0.15, 0.2) is 11.0 Å². The summed E-state index contributed by atoms with van der Waals surface area (Å²) in [6.07, 6.45) is 0. The summed E-state index contributed by atoms with van der Waals surface area (Å²) in [5.41, 5.74) is 2.59. The molecule has 0 bridgehead atoms. The summed E-state index contributed by atoms with van der Waals surface area (Å²) in [6.45, 7) is 5.68. The lowest BCUT2D eigenvalue weighted by Crippen LogP contribution is -2.17. The smallest absolute Gasteiger partial charge is 0.226 e. The number of amides is 1. The van der Waals surface area contributed by atoms with E-state index in [0.29, 0.717) is 16.8 Å². The van der Waals surface area contributed by atoms with E-state index in [1.165, 1.54) is 11.8 Å². The van der Waals surface area contributed by atoms with Crippen LogP contribution in [0.5, 0.6) is 0 Å². The third-order valence-electron chi connectivity index (χ3n) is 4.39. The van der Waals surface area contributed by atoms with E-state index in [0.717, 1.165) is 27.2 Å². The van der Waals surface area contributed by atoms with E-state index < -0.39 is 0 Å². The lowest BCUT2D eigenvalue weighted by Gasteiger charge is -2.10. The second-order valence-corrected chi connectivity index (χ2v) is 8.24. The van der Waals surface area contributed by atoms with E-state index in [2.05, 4.69) is 25.8 Å². The molecule has 0 atom stereocenters. The van der Waals surface area contributed by atoms with Crippen LogP contribution in [0.2, 0.25) is 0 Å². The van der Waals surface area contributed by atoms with Gasteiger partial charge in [0.2, 0.25) is 5.91 Å². The number of hydrogen-bond donors (Lipinski definition) is 3. The fourth-order valence-electron chi connectivity index (χ4n) is 2.80. The van der Waals surface area contributed by atoms with Gasteiger partial charge in [0.05, 0.1) is 5.52 Å². The van der Waals surface area contributed by atoms with E-state index in [4.69, 9.17) is 4.98 Å². The first-order valence-corrected chi connectivity index (χ1v) is 10.4. The Morgan fingerprint density at radius 1 is 1.07 bits per heavy atom. The van der Waals surface area contributed by atoms with E-state index in [-0.39, 0.29) is 11.8 Å². The van der Waals surface area contributed by atoms with Crippen molar-refractivity contribution in [1.82, 2.24) is 20.2 Å². The number of nitrogens with one attached hydrogen (secondary N) is 3. The number of aromatic nitrogens is 4. The summed E-state index contributed by atoms with van der Waals surface area (Å²) in [4.78, 5) is 22.2. The van der Waals surface area contributed by atoms with Crippen LogP contribution in [0.25, 0.3) is 10.9 Å². The van der Waals surface area contributed by atoms with Gasteiger partial charge < -0.3 is 10.6 Å². The molecular weight excluding hydrogens is 396 g/mol. The Hall–Kier alpha value is -3.39. The van der Waals surface area contributed by atoms with Crippen LogP contribution in [0.1, 0.15) is 19.5 Å². The Bertz CT molecular complexity index is 1190. The van der Waals surface area contributed by atoms with Crippen molar-refractivity contribution < 1.29 is 4.79 Å². The second-order valence-electron chi connectivity index (χ2n) is 7.20. The monoisotopic (exact) mass is 418 g/mol. The molecule has 4 rings (SSSR count). The number of anilines is 3. The molecule has 30 heavy (non-hydrogen) atoms. The molecule has 152 valence electrons. The number of nitrogens with zero attached hydrogens (tertiary/aromatic N) is 3. The van der Waals surface area contributed by atoms with Crippen LogP contribution in [0, 0.1) is 12.8 Å². The fourth-order valence-corrected chi connectivity index (χ4v) is 3.56. The number of H-pyrrole nitrogens is 1. The molecule has 0 saturated heterocycles. The standard InChI is InChI=1S/C22H22N6OS/c1-13(2)21(29)23-15-8-10-16(11-9-15)30-22-24-18-7-5-4-6-17(18)20(26-22)25-19-12-14(3)27-28-19/h4-13H,1-3H3,(H,23,29)(H2,24,25,26,27,28). The van der Waals surface area contributed by atoms with Crippen LogP contribution in [-0.2, 0) is 4.79 Å². The van der Waals surface area contributed by atoms with Gasteiger partial charge in [-0.05, 0) is 55.1 Å². The molecule has 0 aliphatic rings. The Kier molecular flexibility index (Phi) is 5.67. The highest BCUT2D eigenvalue weighted by molar-refractivity contribution is 7.99. The predicted molar refractivity (Wildman–Crippen MR) is 120 cm³/mol. The van der Waals surface area contributed by atoms with Crippen molar-refractivity contribution in [2.45, 2.75) is 30.8 Å². The molecule has 0 fully saturated rings. The zero-order valence-electron chi connectivity index (χ0n) is 16.9. The normalized spacial score (nSPS) is 11.1. The van der Waals surface area contributed by atoms with Crippen molar-refractivity contribution in [3.8, 4) is 0 Å². The number of aryl methyl sites for hydroxylation is 1. The van der Waals surface area contributed by atoms with Crippen LogP contribution in [0.3, 0.4) is 0 Å². The molecule has 0 aliphatic carbocycles. The average molecular weight is 419 g/mol. The maximum atomic E-state index is 11.9. The largest absolute Gasteiger partial charge is 0.326 e. The molecule has 7 nitrogen and oxygen atoms in total. The first kappa shape index (κ1) is 19.9. The van der Waals surface area contributed by atoms with Crippen LogP contribution < -0.4 is 10.6 Å². The highest BCUT2D eigenvalue weighted by atomic mass is 32.2. The Morgan fingerprint density at radius 3 is 2.53 bits per heavy atom. The minimum Gasteiger partial charge on any atom is -0.326 e. The van der Waals surface area contributed by atoms with Gasteiger partial charge in [0.25, 0.3) is 0 Å². The molecule has 0 radical (unpaired) electrons. The minimum atomic E-state index is -0.0609. The minimum absolute atomic E-state index is 0.00224. The Labute approximate surface area is 178 Å². The number of fused-ring (bicyclic) bond motifs is 1. The van der Waals surface area contributed by atoms with Crippen molar-refractivity contribution in [1.29, 1.82) is 0 Å². The average Bonchev–Trinajstić information content (AvgIpc) is 3.14. The van der Waals surface area contributed by atoms with Crippen LogP contribution in [-0.4, -0.2) is 26.1 Å². The molecule has 2 aromatic carbocycles. The number of hydrogen-bond acceptors (Lipinski definition) is 6. The molecule has 2 heterocycles. The van der Waals surface area contributed by atoms with E-state index in [1.54, 1.807) is 0 Å². The van der Waals surface area contributed by atoms with Crippen LogP contribution >= 0.6 is 11.8 Å². The molecule has 0 unspecified atom stereocenters. The van der Waals surface area contributed by atoms with Crippen molar-refractivity contribution >= 4 is 45.9 Å². The van der Waals surface area contributed by atoms with Crippen molar-refractivity contribution in [3.05, 3.63) is 60.3 Å². The first-order chi connectivity index (χ1) is 14.5. The molecule has 0 saturated carbocycles. The molecule has 3 N–H and O–H groups in total. The predicted octanol–water partition coefficient (Wildman–Crippen LogP) is 5.15. The van der Waals surface area contributed by atoms with E-state index in [9.17, 15) is 4.79 Å². The van der Waals surface area contributed by atoms with Gasteiger partial charge in [-0.2, -0.15) is 5.10 Å². The Balaban J connectivity index is 1.59. The number of aromatic amines is 1. The SMILES string of the molecule is Cc1cc(Nc2nc(Sc3ccc(NC(=O)C(C)C)cc3)nc3ccccc23)n[nH]1. The van der Waals surface area contributed by atoms with Gasteiger partial charge in [0.1, 0.15) is 5.82 Å². The summed E-state index contributed by atoms with van der Waals surface area (Å²) in [5, 5.41) is 14.9. The quantitative estimate of drug-likeness (QED) is 0.375. The van der Waals surface area contributed by atoms with Crippen molar-refractivity contribution in [2.24, 2.45) is 5.92 Å². The summed E-state index contributed by atoms with van der Waals surface area (Å²) in [7, 11) is 0. The molecular formula is C22H22N6OS. The van der Waals surface area contributed by atoms with Crippen molar-refractivity contribution in [3.63, 3.8) is 0 Å². The lowest BCUT2D eigenvalue weighted by molar-refractivity contribution is -0.118. The maximum Gasteiger partial charge on any atom is 0.226 e. The van der Waals surface area contributed by atoms with Crippen molar-refractivity contribution in [2.75, 3.05) is 10.6 Å². The number of benzene rings is 2. The lowest BCUT2D eigenvalue weighted by atomic mass is 10.2.